The highest BCUT2D eigenvalue weighted by Gasteiger charge is 2.34. The average molecular weight is 427 g/mol. The molecule has 0 fully saturated rings. The molecule has 32 heavy (non-hydrogen) atoms. The SMILES string of the molecule is C=CC=C(C)C.CC.CC.Cc1ccc(-c2ccc3c(c2)-c2ccccc2C3(C)C)cc1. The van der Waals surface area contributed by atoms with Crippen LogP contribution in [0.15, 0.2) is 91.0 Å². The second kappa shape index (κ2) is 12.9. The van der Waals surface area contributed by atoms with Crippen LogP contribution in [0, 0.1) is 6.92 Å². The van der Waals surface area contributed by atoms with Gasteiger partial charge in [-0.05, 0) is 60.2 Å². The summed E-state index contributed by atoms with van der Waals surface area (Å²) in [6.07, 6.45) is 3.76. The van der Waals surface area contributed by atoms with Gasteiger partial charge in [0.2, 0.25) is 0 Å². The monoisotopic (exact) mass is 426 g/mol. The van der Waals surface area contributed by atoms with Crippen molar-refractivity contribution in [1.82, 2.24) is 0 Å². The van der Waals surface area contributed by atoms with Gasteiger partial charge in [-0.2, -0.15) is 0 Å². The molecule has 0 spiro atoms. The van der Waals surface area contributed by atoms with Gasteiger partial charge >= 0.3 is 0 Å². The van der Waals surface area contributed by atoms with Crippen LogP contribution in [-0.2, 0) is 5.41 Å². The largest absolute Gasteiger partial charge is 0.0991 e. The van der Waals surface area contributed by atoms with Crippen molar-refractivity contribution in [2.75, 3.05) is 0 Å². The molecule has 3 aromatic rings. The van der Waals surface area contributed by atoms with Gasteiger partial charge in [-0.15, -0.1) is 0 Å². The van der Waals surface area contributed by atoms with Gasteiger partial charge in [0.25, 0.3) is 0 Å². The van der Waals surface area contributed by atoms with Crippen LogP contribution in [0.1, 0.15) is 72.1 Å². The van der Waals surface area contributed by atoms with Crippen LogP contribution in [-0.4, -0.2) is 0 Å². The Morgan fingerprint density at radius 1 is 0.719 bits per heavy atom. The van der Waals surface area contributed by atoms with E-state index in [4.69, 9.17) is 0 Å². The van der Waals surface area contributed by atoms with Crippen molar-refractivity contribution in [3.63, 3.8) is 0 Å². The highest BCUT2D eigenvalue weighted by Crippen LogP contribution is 2.49. The van der Waals surface area contributed by atoms with E-state index in [0.717, 1.165) is 0 Å². The molecule has 1 aliphatic rings. The third-order valence-electron chi connectivity index (χ3n) is 5.42. The third-order valence-corrected chi connectivity index (χ3v) is 5.42. The Morgan fingerprint density at radius 2 is 1.25 bits per heavy atom. The normalized spacial score (nSPS) is 11.7. The van der Waals surface area contributed by atoms with E-state index < -0.39 is 0 Å². The minimum Gasteiger partial charge on any atom is -0.0991 e. The molecule has 3 aromatic carbocycles. The summed E-state index contributed by atoms with van der Waals surface area (Å²) in [7, 11) is 0. The van der Waals surface area contributed by atoms with Gasteiger partial charge in [0.1, 0.15) is 0 Å². The molecule has 0 heterocycles. The number of aryl methyl sites for hydroxylation is 1. The van der Waals surface area contributed by atoms with Crippen LogP contribution in [0.5, 0.6) is 0 Å². The summed E-state index contributed by atoms with van der Waals surface area (Å²) in [6.45, 7) is 22.4. The minimum absolute atomic E-state index is 0.0950. The Hall–Kier alpha value is -2.86. The Kier molecular flexibility index (Phi) is 10.9. The zero-order valence-electron chi connectivity index (χ0n) is 21.7. The summed E-state index contributed by atoms with van der Waals surface area (Å²) in [4.78, 5) is 0. The van der Waals surface area contributed by atoms with Crippen LogP contribution < -0.4 is 0 Å². The molecular formula is C32H42. The van der Waals surface area contributed by atoms with Crippen molar-refractivity contribution >= 4 is 0 Å². The lowest BCUT2D eigenvalue weighted by Gasteiger charge is -2.21. The summed E-state index contributed by atoms with van der Waals surface area (Å²) < 4.78 is 0. The van der Waals surface area contributed by atoms with Crippen molar-refractivity contribution in [3.8, 4) is 22.3 Å². The molecule has 0 saturated heterocycles. The van der Waals surface area contributed by atoms with Crippen LogP contribution in [0.2, 0.25) is 0 Å². The fraction of sp³-hybridized carbons (Fsp3) is 0.312. The fourth-order valence-corrected chi connectivity index (χ4v) is 3.88. The maximum Gasteiger partial charge on any atom is 0.0158 e. The Bertz CT molecular complexity index is 1010. The van der Waals surface area contributed by atoms with Gasteiger partial charge in [0, 0.05) is 5.41 Å². The highest BCUT2D eigenvalue weighted by atomic mass is 14.4. The first-order valence-corrected chi connectivity index (χ1v) is 11.9. The van der Waals surface area contributed by atoms with Crippen LogP contribution in [0.25, 0.3) is 22.3 Å². The van der Waals surface area contributed by atoms with Gasteiger partial charge in [-0.25, -0.2) is 0 Å². The van der Waals surface area contributed by atoms with Crippen molar-refractivity contribution in [2.24, 2.45) is 0 Å². The van der Waals surface area contributed by atoms with Gasteiger partial charge in [-0.3, -0.25) is 0 Å². The van der Waals surface area contributed by atoms with E-state index in [1.54, 1.807) is 6.08 Å². The Labute approximate surface area is 197 Å². The molecule has 0 bridgehead atoms. The smallest absolute Gasteiger partial charge is 0.0158 e. The molecule has 0 aromatic heterocycles. The molecule has 1 aliphatic carbocycles. The summed E-state index contributed by atoms with van der Waals surface area (Å²) in [6, 6.07) is 24.5. The predicted octanol–water partition coefficient (Wildman–Crippen LogP) is 10.2. The third kappa shape index (κ3) is 6.33. The molecule has 0 atom stereocenters. The summed E-state index contributed by atoms with van der Waals surface area (Å²) in [5.41, 5.74) is 10.9. The highest BCUT2D eigenvalue weighted by molar-refractivity contribution is 5.84. The summed E-state index contributed by atoms with van der Waals surface area (Å²) in [5.74, 6) is 0. The topological polar surface area (TPSA) is 0 Å². The quantitative estimate of drug-likeness (QED) is 0.357. The molecule has 0 aliphatic heterocycles. The lowest BCUT2D eigenvalue weighted by Crippen LogP contribution is -2.14. The molecule has 0 amide bonds. The lowest BCUT2D eigenvalue weighted by atomic mass is 9.82. The van der Waals surface area contributed by atoms with E-state index >= 15 is 0 Å². The summed E-state index contributed by atoms with van der Waals surface area (Å²) in [5, 5.41) is 0. The second-order valence-electron chi connectivity index (χ2n) is 8.28. The first-order valence-electron chi connectivity index (χ1n) is 11.9. The van der Waals surface area contributed by atoms with Crippen molar-refractivity contribution < 1.29 is 0 Å². The van der Waals surface area contributed by atoms with Crippen molar-refractivity contribution in [2.45, 2.75) is 67.7 Å². The number of allylic oxidation sites excluding steroid dienone is 3. The number of hydrogen-bond donors (Lipinski definition) is 0. The molecule has 170 valence electrons. The van der Waals surface area contributed by atoms with Crippen molar-refractivity contribution in [3.05, 3.63) is 108 Å². The molecule has 0 saturated carbocycles. The van der Waals surface area contributed by atoms with E-state index in [1.165, 1.54) is 44.5 Å². The van der Waals surface area contributed by atoms with E-state index in [-0.39, 0.29) is 5.41 Å². The van der Waals surface area contributed by atoms with Gasteiger partial charge in [0.05, 0.1) is 0 Å². The molecule has 0 radical (unpaired) electrons. The van der Waals surface area contributed by atoms with E-state index in [2.05, 4.69) is 94.1 Å². The summed E-state index contributed by atoms with van der Waals surface area (Å²) >= 11 is 0. The fourth-order valence-electron chi connectivity index (χ4n) is 3.88. The van der Waals surface area contributed by atoms with Crippen LogP contribution in [0.4, 0.5) is 0 Å². The maximum atomic E-state index is 3.52. The lowest BCUT2D eigenvalue weighted by molar-refractivity contribution is 0.660. The molecule has 0 heteroatoms. The van der Waals surface area contributed by atoms with Gasteiger partial charge < -0.3 is 0 Å². The zero-order chi connectivity index (χ0) is 24.3. The van der Waals surface area contributed by atoms with Gasteiger partial charge in [-0.1, -0.05) is 132 Å². The van der Waals surface area contributed by atoms with Crippen LogP contribution >= 0.6 is 0 Å². The molecule has 0 nitrogen and oxygen atoms in total. The molecular weight excluding hydrogens is 384 g/mol. The van der Waals surface area contributed by atoms with E-state index in [9.17, 15) is 0 Å². The predicted molar refractivity (Wildman–Crippen MR) is 147 cm³/mol. The molecule has 0 N–H and O–H groups in total. The van der Waals surface area contributed by atoms with Gasteiger partial charge in [0.15, 0.2) is 0 Å². The zero-order valence-corrected chi connectivity index (χ0v) is 21.7. The number of fused-ring (bicyclic) bond motifs is 3. The average Bonchev–Trinajstić information content (AvgIpc) is 3.04. The molecule has 4 rings (SSSR count). The first-order chi connectivity index (χ1) is 15.3. The van der Waals surface area contributed by atoms with E-state index in [0.29, 0.717) is 0 Å². The minimum atomic E-state index is 0.0950. The number of benzene rings is 3. The van der Waals surface area contributed by atoms with Crippen molar-refractivity contribution in [1.29, 1.82) is 0 Å². The number of rotatable bonds is 2. The standard InChI is InChI=1S/C22H20.C6H10.2C2H6/c1-15-8-10-16(11-9-15)17-12-13-21-19(14-17)18-6-4-5-7-20(18)22(21,2)3;1-4-5-6(2)3;2*1-2/h4-14H,1-3H3;4-5H,1H2,2-3H3;2*1-2H3. The maximum absolute atomic E-state index is 3.52. The van der Waals surface area contributed by atoms with E-state index in [1.807, 2.05) is 47.6 Å². The number of hydrogen-bond acceptors (Lipinski definition) is 0. The second-order valence-corrected chi connectivity index (χ2v) is 8.28. The Morgan fingerprint density at radius 3 is 1.78 bits per heavy atom. The first kappa shape index (κ1) is 27.2. The Balaban J connectivity index is 0.000000441. The molecule has 0 unspecified atom stereocenters. The van der Waals surface area contributed by atoms with Crippen LogP contribution in [0.3, 0.4) is 0 Å².